The summed E-state index contributed by atoms with van der Waals surface area (Å²) in [6.07, 6.45) is -7.42. The van der Waals surface area contributed by atoms with Crippen molar-refractivity contribution < 1.29 is 26.3 Å². The molecule has 3 aromatic heterocycles. The predicted octanol–water partition coefficient (Wildman–Crippen LogP) is 3.53. The largest absolute Gasteiger partial charge is 0.434 e. The number of fused-ring (bicyclic) bond motifs is 1. The van der Waals surface area contributed by atoms with Gasteiger partial charge in [0.05, 0.1) is 18.2 Å². The summed E-state index contributed by atoms with van der Waals surface area (Å²) in [5.41, 5.74) is -3.62. The van der Waals surface area contributed by atoms with Crippen molar-refractivity contribution in [2.75, 3.05) is 0 Å². The van der Waals surface area contributed by atoms with Gasteiger partial charge in [0.15, 0.2) is 5.69 Å². The minimum atomic E-state index is -4.92. The Morgan fingerprint density at radius 1 is 1.08 bits per heavy atom. The van der Waals surface area contributed by atoms with Crippen LogP contribution in [0.25, 0.3) is 16.8 Å². The molecule has 0 bridgehead atoms. The van der Waals surface area contributed by atoms with Crippen LogP contribution in [0.15, 0.2) is 41.6 Å². The van der Waals surface area contributed by atoms with Gasteiger partial charge >= 0.3 is 12.4 Å². The van der Waals surface area contributed by atoms with Gasteiger partial charge in [-0.3, -0.25) is 13.9 Å². The molecule has 0 fully saturated rings. The lowest BCUT2D eigenvalue weighted by atomic mass is 10.1. The Hall–Kier alpha value is -2.85. The number of pyridine rings is 1. The van der Waals surface area contributed by atoms with Crippen LogP contribution in [-0.4, -0.2) is 25.3 Å². The van der Waals surface area contributed by atoms with Crippen LogP contribution < -0.4 is 5.56 Å². The molecule has 3 aromatic rings. The molecular weight excluding hydrogens is 366 g/mol. The molecule has 0 unspecified atom stereocenters. The molecule has 0 saturated heterocycles. The lowest BCUT2D eigenvalue weighted by Gasteiger charge is -2.12. The highest BCUT2D eigenvalue weighted by molar-refractivity contribution is 5.66. The van der Waals surface area contributed by atoms with E-state index in [1.807, 2.05) is 0 Å². The average molecular weight is 376 g/mol. The van der Waals surface area contributed by atoms with Gasteiger partial charge in [0.1, 0.15) is 5.65 Å². The fraction of sp³-hybridized carbons (Fsp3) is 0.267. The standard InChI is InChI=1S/C15H10F6N4O/c16-14(17,18)4-6-24-8-9(7-22-24)11-12(15(19,20)21)23-10-3-1-2-5-25(10)13(11)26/h1-3,5,7-8H,4,6H2. The first-order chi connectivity index (χ1) is 12.1. The Bertz CT molecular complexity index is 1000. The van der Waals surface area contributed by atoms with E-state index in [2.05, 4.69) is 10.1 Å². The van der Waals surface area contributed by atoms with E-state index in [0.717, 1.165) is 21.5 Å². The van der Waals surface area contributed by atoms with Gasteiger partial charge in [-0.25, -0.2) is 4.98 Å². The van der Waals surface area contributed by atoms with Crippen LogP contribution >= 0.6 is 0 Å². The lowest BCUT2D eigenvalue weighted by molar-refractivity contribution is -0.140. The van der Waals surface area contributed by atoms with Gasteiger partial charge in [0.2, 0.25) is 0 Å². The van der Waals surface area contributed by atoms with E-state index in [9.17, 15) is 31.1 Å². The van der Waals surface area contributed by atoms with Crippen LogP contribution in [0.5, 0.6) is 0 Å². The maximum atomic E-state index is 13.4. The van der Waals surface area contributed by atoms with Crippen molar-refractivity contribution in [1.29, 1.82) is 0 Å². The van der Waals surface area contributed by atoms with Gasteiger partial charge < -0.3 is 0 Å². The molecule has 0 spiro atoms. The molecule has 0 atom stereocenters. The zero-order valence-corrected chi connectivity index (χ0v) is 12.8. The smallest absolute Gasteiger partial charge is 0.272 e. The van der Waals surface area contributed by atoms with Crippen molar-refractivity contribution in [3.63, 3.8) is 0 Å². The Balaban J connectivity index is 2.14. The molecule has 138 valence electrons. The van der Waals surface area contributed by atoms with Gasteiger partial charge in [0.25, 0.3) is 5.56 Å². The molecule has 0 radical (unpaired) electrons. The molecule has 11 heteroatoms. The third kappa shape index (κ3) is 3.55. The summed E-state index contributed by atoms with van der Waals surface area (Å²) in [6, 6.07) is 4.11. The number of hydrogen-bond donors (Lipinski definition) is 0. The van der Waals surface area contributed by atoms with E-state index < -0.39 is 42.1 Å². The van der Waals surface area contributed by atoms with Crippen LogP contribution in [-0.2, 0) is 12.7 Å². The van der Waals surface area contributed by atoms with Gasteiger partial charge in [-0.15, -0.1) is 0 Å². The average Bonchev–Trinajstić information content (AvgIpc) is 3.00. The van der Waals surface area contributed by atoms with Crippen molar-refractivity contribution in [3.8, 4) is 11.1 Å². The quantitative estimate of drug-likeness (QED) is 0.658. The number of hydrogen-bond acceptors (Lipinski definition) is 3. The van der Waals surface area contributed by atoms with Gasteiger partial charge in [-0.05, 0) is 12.1 Å². The second-order valence-electron chi connectivity index (χ2n) is 5.42. The lowest BCUT2D eigenvalue weighted by Crippen LogP contribution is -2.23. The van der Waals surface area contributed by atoms with Crippen LogP contribution in [0.2, 0.25) is 0 Å². The van der Waals surface area contributed by atoms with Crippen molar-refractivity contribution in [3.05, 3.63) is 52.8 Å². The van der Waals surface area contributed by atoms with E-state index in [4.69, 9.17) is 0 Å². The molecule has 0 N–H and O–H groups in total. The zero-order valence-electron chi connectivity index (χ0n) is 12.8. The minimum absolute atomic E-state index is 0.196. The Morgan fingerprint density at radius 3 is 2.46 bits per heavy atom. The van der Waals surface area contributed by atoms with Crippen molar-refractivity contribution in [2.45, 2.75) is 25.3 Å². The number of aryl methyl sites for hydroxylation is 1. The molecule has 0 saturated carbocycles. The maximum Gasteiger partial charge on any atom is 0.434 e. The SMILES string of the molecule is O=c1c(-c2cnn(CCC(F)(F)F)c2)c(C(F)(F)F)nc2ccccn12. The van der Waals surface area contributed by atoms with E-state index in [0.29, 0.717) is 0 Å². The highest BCUT2D eigenvalue weighted by Gasteiger charge is 2.38. The maximum absolute atomic E-state index is 13.4. The summed E-state index contributed by atoms with van der Waals surface area (Å²) in [5, 5.41) is 3.61. The molecule has 0 aliphatic carbocycles. The summed E-state index contributed by atoms with van der Waals surface area (Å²) < 4.78 is 78.7. The van der Waals surface area contributed by atoms with Crippen molar-refractivity contribution in [1.82, 2.24) is 19.2 Å². The fourth-order valence-electron chi connectivity index (χ4n) is 2.41. The Labute approximate surface area is 141 Å². The Morgan fingerprint density at radius 2 is 1.81 bits per heavy atom. The molecular formula is C15H10F6N4O. The van der Waals surface area contributed by atoms with Gasteiger partial charge in [-0.1, -0.05) is 6.07 Å². The molecule has 0 amide bonds. The number of alkyl halides is 6. The van der Waals surface area contributed by atoms with Crippen molar-refractivity contribution >= 4 is 5.65 Å². The third-order valence-corrected chi connectivity index (χ3v) is 3.55. The summed E-state index contributed by atoms with van der Waals surface area (Å²) in [5.74, 6) is 0. The topological polar surface area (TPSA) is 52.2 Å². The molecule has 0 aromatic carbocycles. The summed E-state index contributed by atoms with van der Waals surface area (Å²) in [7, 11) is 0. The van der Waals surface area contributed by atoms with Gasteiger partial charge in [-0.2, -0.15) is 31.4 Å². The van der Waals surface area contributed by atoms with E-state index in [1.54, 1.807) is 0 Å². The van der Waals surface area contributed by atoms with Crippen LogP contribution in [0, 0.1) is 0 Å². The number of halogens is 6. The molecule has 3 rings (SSSR count). The number of aromatic nitrogens is 4. The minimum Gasteiger partial charge on any atom is -0.272 e. The first-order valence-electron chi connectivity index (χ1n) is 7.24. The Kier molecular flexibility index (Phi) is 4.24. The van der Waals surface area contributed by atoms with Crippen LogP contribution in [0.1, 0.15) is 12.1 Å². The van der Waals surface area contributed by atoms with Crippen LogP contribution in [0.4, 0.5) is 26.3 Å². The summed E-state index contributed by atoms with van der Waals surface area (Å²) in [4.78, 5) is 16.0. The third-order valence-electron chi connectivity index (χ3n) is 3.55. The fourth-order valence-corrected chi connectivity index (χ4v) is 2.41. The zero-order chi connectivity index (χ0) is 19.1. The summed E-state index contributed by atoms with van der Waals surface area (Å²) >= 11 is 0. The number of rotatable bonds is 3. The second kappa shape index (κ2) is 6.15. The highest BCUT2D eigenvalue weighted by atomic mass is 19.4. The van der Waals surface area contributed by atoms with E-state index >= 15 is 0 Å². The number of nitrogens with zero attached hydrogens (tertiary/aromatic N) is 4. The highest BCUT2D eigenvalue weighted by Crippen LogP contribution is 2.34. The molecule has 0 aliphatic rings. The van der Waals surface area contributed by atoms with E-state index in [1.165, 1.54) is 24.4 Å². The van der Waals surface area contributed by atoms with Crippen molar-refractivity contribution in [2.24, 2.45) is 0 Å². The molecule has 5 nitrogen and oxygen atoms in total. The second-order valence-corrected chi connectivity index (χ2v) is 5.42. The molecule has 3 heterocycles. The normalized spacial score (nSPS) is 12.7. The summed E-state index contributed by atoms with van der Waals surface area (Å²) in [6.45, 7) is -0.576. The predicted molar refractivity (Wildman–Crippen MR) is 78.4 cm³/mol. The first-order valence-corrected chi connectivity index (χ1v) is 7.24. The van der Waals surface area contributed by atoms with Crippen LogP contribution in [0.3, 0.4) is 0 Å². The van der Waals surface area contributed by atoms with E-state index in [-0.39, 0.29) is 11.2 Å². The molecule has 26 heavy (non-hydrogen) atoms. The first kappa shape index (κ1) is 18.0. The molecule has 0 aliphatic heterocycles. The van der Waals surface area contributed by atoms with Gasteiger partial charge in [0, 0.05) is 24.5 Å². The monoisotopic (exact) mass is 376 g/mol.